The van der Waals surface area contributed by atoms with Gasteiger partial charge in [-0.1, -0.05) is 30.7 Å². The molecule has 0 spiro atoms. The first-order chi connectivity index (χ1) is 7.13. The molecule has 0 bridgehead atoms. The van der Waals surface area contributed by atoms with Crippen LogP contribution in [0.2, 0.25) is 5.02 Å². The molecule has 84 valence electrons. The van der Waals surface area contributed by atoms with Crippen molar-refractivity contribution in [3.05, 3.63) is 34.9 Å². The van der Waals surface area contributed by atoms with Crippen LogP contribution in [-0.4, -0.2) is 13.0 Å². The maximum Gasteiger partial charge on any atom is 0.250 e. The van der Waals surface area contributed by atoms with Gasteiger partial charge in [0, 0.05) is 11.1 Å². The van der Waals surface area contributed by atoms with Crippen LogP contribution in [0.1, 0.15) is 24.9 Å². The van der Waals surface area contributed by atoms with Gasteiger partial charge in [-0.3, -0.25) is 0 Å². The van der Waals surface area contributed by atoms with Gasteiger partial charge in [-0.15, -0.1) is 0 Å². The van der Waals surface area contributed by atoms with E-state index >= 15 is 0 Å². The molecule has 1 N–H and O–H groups in total. The Morgan fingerprint density at radius 2 is 1.87 bits per heavy atom. The average molecular weight is 234 g/mol. The molecule has 4 heteroatoms. The maximum absolute atomic E-state index is 12.0. The molecule has 15 heavy (non-hydrogen) atoms. The molecule has 1 aromatic rings. The molecule has 0 aliphatic heterocycles. The average Bonchev–Trinajstić information content (AvgIpc) is 2.21. The second kappa shape index (κ2) is 6.03. The topological polar surface area (TPSA) is 12.0 Å². The summed E-state index contributed by atoms with van der Waals surface area (Å²) in [5, 5.41) is 3.47. The lowest BCUT2D eigenvalue weighted by Crippen LogP contribution is -2.26. The SMILES string of the molecule is CCC(NCC(F)F)c1ccc(Cl)cc1. The Morgan fingerprint density at radius 1 is 1.27 bits per heavy atom. The summed E-state index contributed by atoms with van der Waals surface area (Å²) in [4.78, 5) is 0. The third-order valence-corrected chi connectivity index (χ3v) is 2.45. The number of hydrogen-bond acceptors (Lipinski definition) is 1. The van der Waals surface area contributed by atoms with Crippen LogP contribution in [0.4, 0.5) is 8.78 Å². The smallest absolute Gasteiger partial charge is 0.250 e. The van der Waals surface area contributed by atoms with Crippen LogP contribution in [0.25, 0.3) is 0 Å². The molecule has 0 aliphatic carbocycles. The number of rotatable bonds is 5. The molecular formula is C11H14ClF2N. The van der Waals surface area contributed by atoms with Crippen LogP contribution in [0, 0.1) is 0 Å². The van der Waals surface area contributed by atoms with Gasteiger partial charge in [-0.25, -0.2) is 8.78 Å². The van der Waals surface area contributed by atoms with Gasteiger partial charge >= 0.3 is 0 Å². The minimum atomic E-state index is -2.31. The Hall–Kier alpha value is -0.670. The largest absolute Gasteiger partial charge is 0.305 e. The molecule has 1 aromatic carbocycles. The van der Waals surface area contributed by atoms with Crippen LogP contribution < -0.4 is 5.32 Å². The second-order valence-electron chi connectivity index (χ2n) is 3.31. The van der Waals surface area contributed by atoms with Crippen LogP contribution in [0.3, 0.4) is 0 Å². The molecule has 0 aliphatic rings. The van der Waals surface area contributed by atoms with E-state index in [1.807, 2.05) is 19.1 Å². The fourth-order valence-electron chi connectivity index (χ4n) is 1.42. The molecule has 0 aromatic heterocycles. The van der Waals surface area contributed by atoms with Gasteiger partial charge in [-0.2, -0.15) is 0 Å². The fourth-order valence-corrected chi connectivity index (χ4v) is 1.55. The zero-order valence-corrected chi connectivity index (χ0v) is 9.27. The summed E-state index contributed by atoms with van der Waals surface area (Å²) in [5.41, 5.74) is 0.988. The lowest BCUT2D eigenvalue weighted by molar-refractivity contribution is 0.141. The summed E-state index contributed by atoms with van der Waals surface area (Å²) < 4.78 is 24.1. The van der Waals surface area contributed by atoms with Crippen molar-refractivity contribution in [1.29, 1.82) is 0 Å². The second-order valence-corrected chi connectivity index (χ2v) is 3.75. The van der Waals surface area contributed by atoms with Crippen LogP contribution in [-0.2, 0) is 0 Å². The molecule has 1 nitrogen and oxygen atoms in total. The molecule has 0 amide bonds. The molecule has 0 fully saturated rings. The zero-order valence-electron chi connectivity index (χ0n) is 8.51. The highest BCUT2D eigenvalue weighted by molar-refractivity contribution is 6.30. The Morgan fingerprint density at radius 3 is 2.33 bits per heavy atom. The molecular weight excluding hydrogens is 220 g/mol. The van der Waals surface area contributed by atoms with Gasteiger partial charge in [0.05, 0.1) is 6.54 Å². The number of alkyl halides is 2. The van der Waals surface area contributed by atoms with E-state index in [1.165, 1.54) is 0 Å². The van der Waals surface area contributed by atoms with Gasteiger partial charge in [0.15, 0.2) is 0 Å². The lowest BCUT2D eigenvalue weighted by Gasteiger charge is -2.17. The van der Waals surface area contributed by atoms with E-state index in [-0.39, 0.29) is 12.6 Å². The quantitative estimate of drug-likeness (QED) is 0.819. The Kier molecular flexibility index (Phi) is 4.99. The molecule has 0 saturated carbocycles. The van der Waals surface area contributed by atoms with E-state index < -0.39 is 6.43 Å². The molecule has 0 heterocycles. The first-order valence-corrected chi connectivity index (χ1v) is 5.28. The third-order valence-electron chi connectivity index (χ3n) is 2.20. The summed E-state index contributed by atoms with van der Waals surface area (Å²) in [6.07, 6.45) is -1.54. The van der Waals surface area contributed by atoms with Gasteiger partial charge in [0.25, 0.3) is 6.43 Å². The van der Waals surface area contributed by atoms with Gasteiger partial charge < -0.3 is 5.32 Å². The van der Waals surface area contributed by atoms with Crippen molar-refractivity contribution in [2.75, 3.05) is 6.54 Å². The molecule has 0 radical (unpaired) electrons. The normalized spacial score (nSPS) is 13.1. The van der Waals surface area contributed by atoms with E-state index in [2.05, 4.69) is 5.32 Å². The van der Waals surface area contributed by atoms with E-state index in [0.717, 1.165) is 12.0 Å². The highest BCUT2D eigenvalue weighted by Gasteiger charge is 2.10. The summed E-state index contributed by atoms with van der Waals surface area (Å²) >= 11 is 5.75. The highest BCUT2D eigenvalue weighted by Crippen LogP contribution is 2.19. The van der Waals surface area contributed by atoms with Gasteiger partial charge in [0.2, 0.25) is 0 Å². The fraction of sp³-hybridized carbons (Fsp3) is 0.455. The van der Waals surface area contributed by atoms with Crippen molar-refractivity contribution in [3.8, 4) is 0 Å². The van der Waals surface area contributed by atoms with Crippen LogP contribution >= 0.6 is 11.6 Å². The summed E-state index contributed by atoms with van der Waals surface area (Å²) in [7, 11) is 0. The predicted octanol–water partition coefficient (Wildman–Crippen LogP) is 3.65. The third kappa shape index (κ3) is 4.14. The minimum Gasteiger partial charge on any atom is -0.305 e. The first-order valence-electron chi connectivity index (χ1n) is 4.90. The van der Waals surface area contributed by atoms with Crippen molar-refractivity contribution in [1.82, 2.24) is 5.32 Å². The minimum absolute atomic E-state index is 0.0312. The standard InChI is InChI=1S/C11H14ClF2N/c1-2-10(15-7-11(13)14)8-3-5-9(12)6-4-8/h3-6,10-11,15H,2,7H2,1H3. The molecule has 1 atom stereocenters. The van der Waals surface area contributed by atoms with Gasteiger partial charge in [0.1, 0.15) is 0 Å². The van der Waals surface area contributed by atoms with Crippen LogP contribution in [0.5, 0.6) is 0 Å². The number of hydrogen-bond donors (Lipinski definition) is 1. The van der Waals surface area contributed by atoms with Crippen molar-refractivity contribution in [2.45, 2.75) is 25.8 Å². The zero-order chi connectivity index (χ0) is 11.3. The van der Waals surface area contributed by atoms with E-state index in [1.54, 1.807) is 12.1 Å². The lowest BCUT2D eigenvalue weighted by atomic mass is 10.0. The summed E-state index contributed by atoms with van der Waals surface area (Å²) in [6, 6.07) is 7.22. The van der Waals surface area contributed by atoms with Crippen molar-refractivity contribution >= 4 is 11.6 Å². The molecule has 1 rings (SSSR count). The maximum atomic E-state index is 12.0. The summed E-state index contributed by atoms with van der Waals surface area (Å²) in [6.45, 7) is 1.68. The monoisotopic (exact) mass is 233 g/mol. The van der Waals surface area contributed by atoms with Crippen molar-refractivity contribution in [2.24, 2.45) is 0 Å². The first kappa shape index (κ1) is 12.4. The highest BCUT2D eigenvalue weighted by atomic mass is 35.5. The van der Waals surface area contributed by atoms with E-state index in [0.29, 0.717) is 5.02 Å². The Balaban J connectivity index is 2.61. The Labute approximate surface area is 93.4 Å². The predicted molar refractivity (Wildman–Crippen MR) is 58.5 cm³/mol. The summed E-state index contributed by atoms with van der Waals surface area (Å²) in [5.74, 6) is 0. The van der Waals surface area contributed by atoms with E-state index in [4.69, 9.17) is 11.6 Å². The molecule has 0 saturated heterocycles. The number of benzene rings is 1. The van der Waals surface area contributed by atoms with E-state index in [9.17, 15) is 8.78 Å². The van der Waals surface area contributed by atoms with Crippen LogP contribution in [0.15, 0.2) is 24.3 Å². The van der Waals surface area contributed by atoms with Gasteiger partial charge in [-0.05, 0) is 24.1 Å². The number of halogens is 3. The van der Waals surface area contributed by atoms with Crippen molar-refractivity contribution in [3.63, 3.8) is 0 Å². The van der Waals surface area contributed by atoms with Crippen molar-refractivity contribution < 1.29 is 8.78 Å². The number of nitrogens with one attached hydrogen (secondary N) is 1. The Bertz CT molecular complexity index is 287. The molecule has 1 unspecified atom stereocenters.